The van der Waals surface area contributed by atoms with Crippen LogP contribution in [0, 0.1) is 6.92 Å². The van der Waals surface area contributed by atoms with Gasteiger partial charge in [-0.15, -0.1) is 0 Å². The lowest BCUT2D eigenvalue weighted by Gasteiger charge is -2.15. The fourth-order valence-electron chi connectivity index (χ4n) is 3.14. The van der Waals surface area contributed by atoms with Crippen LogP contribution in [-0.2, 0) is 14.8 Å². The van der Waals surface area contributed by atoms with Gasteiger partial charge in [0.2, 0.25) is 10.0 Å². The molecule has 2 aromatic carbocycles. The number of hydrogen-bond acceptors (Lipinski definition) is 5. The number of nitrogens with zero attached hydrogens (tertiary/aromatic N) is 1. The molecule has 0 saturated carbocycles. The second kappa shape index (κ2) is 8.94. The van der Waals surface area contributed by atoms with Gasteiger partial charge >= 0.3 is 0 Å². The fraction of sp³-hybridized carbons (Fsp3) is 0.381. The van der Waals surface area contributed by atoms with E-state index in [1.807, 2.05) is 44.1 Å². The van der Waals surface area contributed by atoms with E-state index < -0.39 is 10.0 Å². The Morgan fingerprint density at radius 3 is 2.48 bits per heavy atom. The van der Waals surface area contributed by atoms with E-state index in [-0.39, 0.29) is 23.5 Å². The maximum atomic E-state index is 12.5. The number of hydrogen-bond donors (Lipinski definition) is 2. The van der Waals surface area contributed by atoms with Crippen molar-refractivity contribution in [3.05, 3.63) is 53.6 Å². The first-order valence-corrected chi connectivity index (χ1v) is 11.1. The lowest BCUT2D eigenvalue weighted by atomic mass is 10.1. The predicted octanol–water partition coefficient (Wildman–Crippen LogP) is 2.77. The molecule has 2 aromatic rings. The summed E-state index contributed by atoms with van der Waals surface area (Å²) in [5, 5.41) is 2.87. The van der Waals surface area contributed by atoms with Crippen LogP contribution in [0.4, 0.5) is 11.4 Å². The zero-order chi connectivity index (χ0) is 21.0. The molecule has 0 radical (unpaired) electrons. The molecule has 1 aliphatic heterocycles. The van der Waals surface area contributed by atoms with Crippen molar-refractivity contribution in [1.29, 1.82) is 0 Å². The second-order valence-electron chi connectivity index (χ2n) is 7.36. The summed E-state index contributed by atoms with van der Waals surface area (Å²) < 4.78 is 32.9. The molecule has 1 heterocycles. The number of rotatable bonds is 7. The number of sulfonamides is 1. The van der Waals surface area contributed by atoms with Crippen molar-refractivity contribution in [2.75, 3.05) is 37.5 Å². The van der Waals surface area contributed by atoms with E-state index in [2.05, 4.69) is 10.0 Å². The predicted molar refractivity (Wildman–Crippen MR) is 114 cm³/mol. The molecule has 0 spiro atoms. The van der Waals surface area contributed by atoms with Crippen molar-refractivity contribution >= 4 is 27.3 Å². The first-order chi connectivity index (χ1) is 13.8. The fourth-order valence-corrected chi connectivity index (χ4v) is 4.20. The summed E-state index contributed by atoms with van der Waals surface area (Å²) in [4.78, 5) is 14.7. The van der Waals surface area contributed by atoms with Crippen molar-refractivity contribution in [2.45, 2.75) is 30.8 Å². The Morgan fingerprint density at radius 2 is 1.90 bits per heavy atom. The maximum Gasteiger partial charge on any atom is 0.255 e. The Bertz CT molecular complexity index is 966. The third-order valence-corrected chi connectivity index (χ3v) is 6.37. The number of amides is 1. The SMILES string of the molecule is Cc1cc(N(C)C)ccc1NC(=O)c1ccc(S(=O)(=O)NCC2CCCO2)cc1. The van der Waals surface area contributed by atoms with Crippen molar-refractivity contribution in [3.63, 3.8) is 0 Å². The first-order valence-electron chi connectivity index (χ1n) is 9.57. The number of carbonyl (C=O) groups excluding carboxylic acids is 1. The van der Waals surface area contributed by atoms with Crippen LogP contribution in [0.3, 0.4) is 0 Å². The number of carbonyl (C=O) groups is 1. The molecule has 3 rings (SSSR count). The highest BCUT2D eigenvalue weighted by atomic mass is 32.2. The highest BCUT2D eigenvalue weighted by molar-refractivity contribution is 7.89. The Balaban J connectivity index is 1.65. The minimum atomic E-state index is -3.64. The Morgan fingerprint density at radius 1 is 1.17 bits per heavy atom. The van der Waals surface area contributed by atoms with Crippen LogP contribution in [0.2, 0.25) is 0 Å². The monoisotopic (exact) mass is 417 g/mol. The molecule has 1 aliphatic rings. The summed E-state index contributed by atoms with van der Waals surface area (Å²) in [5.41, 5.74) is 3.10. The highest BCUT2D eigenvalue weighted by Crippen LogP contribution is 2.22. The molecule has 0 aromatic heterocycles. The lowest BCUT2D eigenvalue weighted by molar-refractivity contribution is 0.102. The number of nitrogens with one attached hydrogen (secondary N) is 2. The van der Waals surface area contributed by atoms with Crippen molar-refractivity contribution in [3.8, 4) is 0 Å². The van der Waals surface area contributed by atoms with E-state index in [0.717, 1.165) is 29.8 Å². The van der Waals surface area contributed by atoms with E-state index in [1.165, 1.54) is 24.3 Å². The topological polar surface area (TPSA) is 87.7 Å². The van der Waals surface area contributed by atoms with Crippen molar-refractivity contribution in [2.24, 2.45) is 0 Å². The Labute approximate surface area is 172 Å². The van der Waals surface area contributed by atoms with Gasteiger partial charge in [-0.3, -0.25) is 4.79 Å². The molecular weight excluding hydrogens is 390 g/mol. The van der Waals surface area contributed by atoms with E-state index in [1.54, 1.807) is 0 Å². The van der Waals surface area contributed by atoms with E-state index in [4.69, 9.17) is 4.74 Å². The van der Waals surface area contributed by atoms with Gasteiger partial charge in [-0.25, -0.2) is 13.1 Å². The van der Waals surface area contributed by atoms with Crippen LogP contribution in [-0.4, -0.2) is 47.7 Å². The average Bonchev–Trinajstić information content (AvgIpc) is 3.21. The molecule has 8 heteroatoms. The molecule has 0 aliphatic carbocycles. The van der Waals surface area contributed by atoms with E-state index >= 15 is 0 Å². The maximum absolute atomic E-state index is 12.5. The van der Waals surface area contributed by atoms with Gasteiger partial charge < -0.3 is 15.0 Å². The first kappa shape index (κ1) is 21.3. The summed E-state index contributed by atoms with van der Waals surface area (Å²) in [6, 6.07) is 11.7. The van der Waals surface area contributed by atoms with Crippen LogP contribution in [0.25, 0.3) is 0 Å². The van der Waals surface area contributed by atoms with Gasteiger partial charge in [0.25, 0.3) is 5.91 Å². The summed E-state index contributed by atoms with van der Waals surface area (Å²) in [6.45, 7) is 2.86. The highest BCUT2D eigenvalue weighted by Gasteiger charge is 2.20. The molecule has 7 nitrogen and oxygen atoms in total. The van der Waals surface area contributed by atoms with Crippen LogP contribution in [0.15, 0.2) is 47.4 Å². The molecule has 0 bridgehead atoms. The van der Waals surface area contributed by atoms with Gasteiger partial charge in [0.15, 0.2) is 0 Å². The third kappa shape index (κ3) is 5.35. The third-order valence-electron chi connectivity index (χ3n) is 4.93. The van der Waals surface area contributed by atoms with Crippen LogP contribution >= 0.6 is 0 Å². The van der Waals surface area contributed by atoms with Crippen LogP contribution < -0.4 is 14.9 Å². The zero-order valence-electron chi connectivity index (χ0n) is 16.9. The van der Waals surface area contributed by atoms with Gasteiger partial charge in [-0.05, 0) is 67.8 Å². The number of benzene rings is 2. The quantitative estimate of drug-likeness (QED) is 0.723. The molecular formula is C21H27N3O4S. The minimum absolute atomic E-state index is 0.0723. The van der Waals surface area contributed by atoms with Crippen molar-refractivity contribution in [1.82, 2.24) is 4.72 Å². The van der Waals surface area contributed by atoms with Crippen LogP contribution in [0.5, 0.6) is 0 Å². The van der Waals surface area contributed by atoms with Gasteiger partial charge in [0.1, 0.15) is 0 Å². The number of ether oxygens (including phenoxy) is 1. The minimum Gasteiger partial charge on any atom is -0.378 e. The zero-order valence-corrected chi connectivity index (χ0v) is 17.8. The van der Waals surface area contributed by atoms with Gasteiger partial charge in [0, 0.05) is 44.2 Å². The molecule has 1 saturated heterocycles. The summed E-state index contributed by atoms with van der Waals surface area (Å²) >= 11 is 0. The molecule has 2 N–H and O–H groups in total. The molecule has 1 fully saturated rings. The largest absolute Gasteiger partial charge is 0.378 e. The normalized spacial score (nSPS) is 16.6. The Hall–Kier alpha value is -2.42. The second-order valence-corrected chi connectivity index (χ2v) is 9.13. The summed E-state index contributed by atoms with van der Waals surface area (Å²) in [6.07, 6.45) is 1.74. The van der Waals surface area contributed by atoms with E-state index in [9.17, 15) is 13.2 Å². The Kier molecular flexibility index (Phi) is 6.56. The molecule has 1 amide bonds. The number of anilines is 2. The van der Waals surface area contributed by atoms with Gasteiger partial charge in [-0.1, -0.05) is 0 Å². The molecule has 1 unspecified atom stereocenters. The average molecular weight is 418 g/mol. The van der Waals surface area contributed by atoms with Crippen molar-refractivity contribution < 1.29 is 17.9 Å². The lowest BCUT2D eigenvalue weighted by Crippen LogP contribution is -2.31. The summed E-state index contributed by atoms with van der Waals surface area (Å²) in [7, 11) is 0.278. The smallest absolute Gasteiger partial charge is 0.255 e. The van der Waals surface area contributed by atoms with E-state index in [0.29, 0.717) is 12.2 Å². The molecule has 1 atom stereocenters. The number of aryl methyl sites for hydroxylation is 1. The summed E-state index contributed by atoms with van der Waals surface area (Å²) in [5.74, 6) is -0.290. The molecule has 156 valence electrons. The molecule has 29 heavy (non-hydrogen) atoms. The van der Waals surface area contributed by atoms with Gasteiger partial charge in [-0.2, -0.15) is 0 Å². The van der Waals surface area contributed by atoms with Gasteiger partial charge in [0.05, 0.1) is 11.0 Å². The standard InChI is InChI=1S/C21H27N3O4S/c1-15-13-17(24(2)3)8-11-20(15)23-21(25)16-6-9-19(10-7-16)29(26,27)22-14-18-5-4-12-28-18/h6-11,13,18,22H,4-5,12,14H2,1-3H3,(H,23,25). The van der Waals surface area contributed by atoms with Crippen LogP contribution in [0.1, 0.15) is 28.8 Å².